The summed E-state index contributed by atoms with van der Waals surface area (Å²) in [6, 6.07) is 16.7. The smallest absolute Gasteiger partial charge is 0.335 e. The number of carbonyl (C=O) groups is 3. The molecule has 2 aromatic carbocycles. The lowest BCUT2D eigenvalue weighted by atomic mass is 10.1. The van der Waals surface area contributed by atoms with Crippen molar-refractivity contribution in [2.24, 2.45) is 0 Å². The van der Waals surface area contributed by atoms with E-state index < -0.39 is 30.7 Å². The van der Waals surface area contributed by atoms with Crippen LogP contribution in [0.4, 0.5) is 10.5 Å². The highest BCUT2D eigenvalue weighted by Gasteiger charge is 2.47. The lowest BCUT2D eigenvalue weighted by molar-refractivity contribution is -0.150. The quantitative estimate of drug-likeness (QED) is 0.579. The molecule has 0 N–H and O–H groups in total. The van der Waals surface area contributed by atoms with Crippen molar-refractivity contribution in [1.82, 2.24) is 9.80 Å². The van der Waals surface area contributed by atoms with Gasteiger partial charge >= 0.3 is 12.0 Å². The fraction of sp³-hybridized carbons (Fsp3) is 0.250. The molecule has 140 valence electrons. The summed E-state index contributed by atoms with van der Waals surface area (Å²) in [7, 11) is 3.46. The molecule has 3 amide bonds. The zero-order valence-electron chi connectivity index (χ0n) is 15.2. The van der Waals surface area contributed by atoms with Crippen LogP contribution < -0.4 is 4.90 Å². The van der Waals surface area contributed by atoms with Crippen LogP contribution in [-0.2, 0) is 14.3 Å². The molecule has 1 aliphatic rings. The van der Waals surface area contributed by atoms with Gasteiger partial charge in [0.25, 0.3) is 5.91 Å². The number of para-hydroxylation sites is 1. The maximum atomic E-state index is 13.0. The van der Waals surface area contributed by atoms with Crippen molar-refractivity contribution in [2.45, 2.75) is 6.04 Å². The third-order valence-electron chi connectivity index (χ3n) is 4.14. The highest BCUT2D eigenvalue weighted by Crippen LogP contribution is 2.35. The lowest BCUT2D eigenvalue weighted by Gasteiger charge is -2.22. The molecule has 1 saturated heterocycles. The maximum Gasteiger partial charge on any atom is 0.335 e. The number of imide groups is 1. The number of ether oxygens (including phenoxy) is 1. The van der Waals surface area contributed by atoms with Gasteiger partial charge in [-0.15, -0.1) is 0 Å². The molecule has 1 unspecified atom stereocenters. The predicted molar refractivity (Wildman–Crippen MR) is 99.9 cm³/mol. The summed E-state index contributed by atoms with van der Waals surface area (Å²) < 4.78 is 5.12. The fourth-order valence-electron chi connectivity index (χ4n) is 2.93. The number of nitrogens with zero attached hydrogens (tertiary/aromatic N) is 3. The summed E-state index contributed by atoms with van der Waals surface area (Å²) in [5.41, 5.74) is 1.30. The van der Waals surface area contributed by atoms with Gasteiger partial charge in [-0.2, -0.15) is 0 Å². The molecule has 2 aromatic rings. The van der Waals surface area contributed by atoms with Crippen molar-refractivity contribution in [3.63, 3.8) is 0 Å². The summed E-state index contributed by atoms with van der Waals surface area (Å²) in [6.45, 7) is -0.336. The van der Waals surface area contributed by atoms with Crippen LogP contribution in [0.1, 0.15) is 11.6 Å². The predicted octanol–water partition coefficient (Wildman–Crippen LogP) is 2.26. The van der Waals surface area contributed by atoms with Gasteiger partial charge in [-0.05, 0) is 31.8 Å². The van der Waals surface area contributed by atoms with Crippen LogP contribution in [0.2, 0.25) is 0 Å². The Morgan fingerprint density at radius 3 is 2.19 bits per heavy atom. The minimum Gasteiger partial charge on any atom is -0.443 e. The van der Waals surface area contributed by atoms with Gasteiger partial charge in [0.1, 0.15) is 6.04 Å². The minimum absolute atomic E-state index is 0.0702. The second-order valence-electron chi connectivity index (χ2n) is 6.45. The van der Waals surface area contributed by atoms with E-state index in [1.165, 1.54) is 4.90 Å². The Morgan fingerprint density at radius 1 is 1.00 bits per heavy atom. The molecule has 0 radical (unpaired) electrons. The van der Waals surface area contributed by atoms with Crippen LogP contribution in [0.5, 0.6) is 0 Å². The number of anilines is 1. The molecule has 7 nitrogen and oxygen atoms in total. The van der Waals surface area contributed by atoms with E-state index in [0.29, 0.717) is 11.3 Å². The summed E-state index contributed by atoms with van der Waals surface area (Å²) in [5, 5.41) is 0. The molecule has 1 fully saturated rings. The van der Waals surface area contributed by atoms with Gasteiger partial charge in [0.05, 0.1) is 6.54 Å². The normalized spacial score (nSPS) is 16.9. The number of hydrogen-bond donors (Lipinski definition) is 0. The van der Waals surface area contributed by atoms with Crippen molar-refractivity contribution in [2.75, 3.05) is 32.3 Å². The molecule has 0 aromatic heterocycles. The number of likely N-dealkylation sites (N-methyl/N-ethyl adjacent to an activating group) is 1. The van der Waals surface area contributed by atoms with Crippen LogP contribution in [0.3, 0.4) is 0 Å². The van der Waals surface area contributed by atoms with Gasteiger partial charge in [0, 0.05) is 5.69 Å². The Bertz CT molecular complexity index is 766. The first-order chi connectivity index (χ1) is 13.0. The average Bonchev–Trinajstić information content (AvgIpc) is 2.91. The van der Waals surface area contributed by atoms with Gasteiger partial charge in [-0.1, -0.05) is 48.5 Å². The van der Waals surface area contributed by atoms with E-state index in [0.717, 1.165) is 4.90 Å². The molecule has 3 rings (SSSR count). The maximum absolute atomic E-state index is 13.0. The third kappa shape index (κ3) is 3.98. The Hall–Kier alpha value is -3.19. The first kappa shape index (κ1) is 18.6. The van der Waals surface area contributed by atoms with Crippen molar-refractivity contribution in [3.05, 3.63) is 66.2 Å². The van der Waals surface area contributed by atoms with Gasteiger partial charge in [0.2, 0.25) is 0 Å². The van der Waals surface area contributed by atoms with Crippen LogP contribution >= 0.6 is 0 Å². The Labute approximate surface area is 157 Å². The number of rotatable bonds is 6. The van der Waals surface area contributed by atoms with Gasteiger partial charge in [0.15, 0.2) is 6.73 Å². The molecule has 1 atom stereocenters. The molecule has 0 saturated carbocycles. The number of urea groups is 1. The van der Waals surface area contributed by atoms with E-state index in [-0.39, 0.29) is 6.54 Å². The molecule has 0 spiro atoms. The number of amides is 3. The molecular formula is C20H21N3O4. The zero-order chi connectivity index (χ0) is 19.4. The standard InChI is InChI=1S/C20H21N3O4/c1-21(2)13-17(24)27-14-22-19(25)18(15-9-5-3-6-10-15)23(20(22)26)16-11-7-4-8-12-16/h3-12,18H,13-14H2,1-2H3. The minimum atomic E-state index is -0.798. The molecule has 0 bridgehead atoms. The third-order valence-corrected chi connectivity index (χ3v) is 4.14. The number of carbonyl (C=O) groups excluding carboxylic acids is 3. The summed E-state index contributed by atoms with van der Waals surface area (Å²) in [4.78, 5) is 41.8. The van der Waals surface area contributed by atoms with Crippen molar-refractivity contribution in [1.29, 1.82) is 0 Å². The molecule has 1 aliphatic heterocycles. The van der Waals surface area contributed by atoms with Crippen LogP contribution in [0.25, 0.3) is 0 Å². The lowest BCUT2D eigenvalue weighted by Crippen LogP contribution is -2.37. The Balaban J connectivity index is 1.88. The van der Waals surface area contributed by atoms with Gasteiger partial charge in [-0.25, -0.2) is 9.69 Å². The van der Waals surface area contributed by atoms with Crippen molar-refractivity contribution in [3.8, 4) is 0 Å². The molecule has 0 aliphatic carbocycles. The van der Waals surface area contributed by atoms with E-state index in [2.05, 4.69) is 0 Å². The highest BCUT2D eigenvalue weighted by atomic mass is 16.5. The first-order valence-corrected chi connectivity index (χ1v) is 8.54. The second kappa shape index (κ2) is 8.01. The topological polar surface area (TPSA) is 70.2 Å². The molecule has 1 heterocycles. The van der Waals surface area contributed by atoms with Crippen LogP contribution in [-0.4, -0.2) is 55.1 Å². The van der Waals surface area contributed by atoms with Crippen molar-refractivity contribution < 1.29 is 19.1 Å². The first-order valence-electron chi connectivity index (χ1n) is 8.54. The Morgan fingerprint density at radius 2 is 1.59 bits per heavy atom. The van der Waals surface area contributed by atoms with Gasteiger partial charge in [-0.3, -0.25) is 19.4 Å². The summed E-state index contributed by atoms with van der Waals surface area (Å²) >= 11 is 0. The molecule has 27 heavy (non-hydrogen) atoms. The highest BCUT2D eigenvalue weighted by molar-refractivity contribution is 6.14. The van der Waals surface area contributed by atoms with Crippen LogP contribution in [0.15, 0.2) is 60.7 Å². The number of benzene rings is 2. The summed E-state index contributed by atoms with van der Waals surface area (Å²) in [6.07, 6.45) is 0. The SMILES string of the molecule is CN(C)CC(=O)OCN1C(=O)C(c2ccccc2)N(c2ccccc2)C1=O. The Kier molecular flexibility index (Phi) is 5.52. The van der Waals surface area contributed by atoms with E-state index >= 15 is 0 Å². The molecular weight excluding hydrogens is 346 g/mol. The largest absolute Gasteiger partial charge is 0.443 e. The van der Waals surface area contributed by atoms with Gasteiger partial charge < -0.3 is 4.74 Å². The fourth-order valence-corrected chi connectivity index (χ4v) is 2.93. The number of esters is 1. The van der Waals surface area contributed by atoms with E-state index in [1.54, 1.807) is 55.4 Å². The molecule has 7 heteroatoms. The van der Waals surface area contributed by atoms with E-state index in [9.17, 15) is 14.4 Å². The second-order valence-corrected chi connectivity index (χ2v) is 6.45. The van der Waals surface area contributed by atoms with Crippen LogP contribution in [0, 0.1) is 0 Å². The van der Waals surface area contributed by atoms with E-state index in [1.807, 2.05) is 24.3 Å². The zero-order valence-corrected chi connectivity index (χ0v) is 15.2. The monoisotopic (exact) mass is 367 g/mol. The van der Waals surface area contributed by atoms with E-state index in [4.69, 9.17) is 4.74 Å². The van der Waals surface area contributed by atoms with Crippen molar-refractivity contribution >= 4 is 23.6 Å². The number of hydrogen-bond acceptors (Lipinski definition) is 5. The average molecular weight is 367 g/mol. The summed E-state index contributed by atoms with van der Waals surface area (Å²) in [5.74, 6) is -0.928.